The number of fused-ring (bicyclic) bond motifs is 2. The molecule has 0 aliphatic heterocycles. The lowest BCUT2D eigenvalue weighted by atomic mass is 10.1. The highest BCUT2D eigenvalue weighted by Gasteiger charge is 2.15. The van der Waals surface area contributed by atoms with Gasteiger partial charge in [-0.2, -0.15) is 5.10 Å². The molecule has 3 nitrogen and oxygen atoms in total. The van der Waals surface area contributed by atoms with Gasteiger partial charge in [0.05, 0.1) is 17.2 Å². The van der Waals surface area contributed by atoms with Crippen LogP contribution in [0.5, 0.6) is 0 Å². The van der Waals surface area contributed by atoms with Gasteiger partial charge < -0.3 is 4.57 Å². The van der Waals surface area contributed by atoms with E-state index in [9.17, 15) is 4.39 Å². The van der Waals surface area contributed by atoms with E-state index in [1.54, 1.807) is 6.92 Å². The number of halogens is 1. The largest absolute Gasteiger partial charge is 0.313 e. The van der Waals surface area contributed by atoms with Gasteiger partial charge >= 0.3 is 0 Å². The third-order valence-electron chi connectivity index (χ3n) is 4.38. The van der Waals surface area contributed by atoms with E-state index in [2.05, 4.69) is 46.8 Å². The van der Waals surface area contributed by atoms with Gasteiger partial charge in [-0.1, -0.05) is 13.8 Å². The topological polar surface area (TPSA) is 33.6 Å². The average Bonchev–Trinajstić information content (AvgIpc) is 3.11. The molecule has 4 rings (SSSR count). The van der Waals surface area contributed by atoms with Crippen molar-refractivity contribution >= 4 is 21.8 Å². The molecule has 0 radical (unpaired) electrons. The lowest BCUT2D eigenvalue weighted by molar-refractivity contribution is 0.618. The molecule has 0 aliphatic rings. The predicted molar refractivity (Wildman–Crippen MR) is 91.7 cm³/mol. The molecular formula is C19H18FN3. The predicted octanol–water partition coefficient (Wildman–Crippen LogP) is 5.08. The maximum atomic E-state index is 13.7. The van der Waals surface area contributed by atoms with Crippen LogP contribution in [0.4, 0.5) is 4.39 Å². The van der Waals surface area contributed by atoms with Crippen molar-refractivity contribution in [2.24, 2.45) is 0 Å². The van der Waals surface area contributed by atoms with Gasteiger partial charge in [0.2, 0.25) is 0 Å². The monoisotopic (exact) mass is 307 g/mol. The van der Waals surface area contributed by atoms with Gasteiger partial charge in [-0.25, -0.2) is 4.39 Å². The molecule has 0 saturated heterocycles. The number of aromatic nitrogens is 3. The first kappa shape index (κ1) is 14.0. The Morgan fingerprint density at radius 2 is 1.91 bits per heavy atom. The molecule has 4 heteroatoms. The maximum absolute atomic E-state index is 13.7. The molecule has 0 bridgehead atoms. The minimum absolute atomic E-state index is 0.173. The second-order valence-corrected chi connectivity index (χ2v) is 6.36. The lowest BCUT2D eigenvalue weighted by Crippen LogP contribution is -2.02. The SMILES string of the molecule is Cc1cc(-n2c(C(C)C)cc3cc4[nH]ncc4cc32)ccc1F. The summed E-state index contributed by atoms with van der Waals surface area (Å²) in [5.41, 5.74) is 5.01. The van der Waals surface area contributed by atoms with E-state index in [0.717, 1.165) is 27.5 Å². The van der Waals surface area contributed by atoms with Gasteiger partial charge in [-0.3, -0.25) is 5.10 Å². The molecule has 0 unspecified atom stereocenters. The van der Waals surface area contributed by atoms with E-state index in [4.69, 9.17) is 0 Å². The van der Waals surface area contributed by atoms with Crippen LogP contribution < -0.4 is 0 Å². The molecule has 0 fully saturated rings. The van der Waals surface area contributed by atoms with Crippen LogP contribution in [0.1, 0.15) is 31.0 Å². The summed E-state index contributed by atoms with van der Waals surface area (Å²) in [6, 6.07) is 11.7. The van der Waals surface area contributed by atoms with Gasteiger partial charge in [0.15, 0.2) is 0 Å². The quantitative estimate of drug-likeness (QED) is 0.550. The molecule has 4 aromatic rings. The fourth-order valence-corrected chi connectivity index (χ4v) is 3.15. The third kappa shape index (κ3) is 2.13. The van der Waals surface area contributed by atoms with E-state index in [1.165, 1.54) is 11.8 Å². The first-order chi connectivity index (χ1) is 11.0. The number of hydrogen-bond donors (Lipinski definition) is 1. The summed E-state index contributed by atoms with van der Waals surface area (Å²) in [6.45, 7) is 6.15. The van der Waals surface area contributed by atoms with E-state index in [-0.39, 0.29) is 5.82 Å². The highest BCUT2D eigenvalue weighted by atomic mass is 19.1. The number of nitrogens with one attached hydrogen (secondary N) is 1. The molecule has 2 aromatic carbocycles. The first-order valence-corrected chi connectivity index (χ1v) is 7.79. The highest BCUT2D eigenvalue weighted by molar-refractivity contribution is 5.96. The Kier molecular flexibility index (Phi) is 3.01. The van der Waals surface area contributed by atoms with Crippen LogP contribution >= 0.6 is 0 Å². The van der Waals surface area contributed by atoms with Crippen LogP contribution in [0.3, 0.4) is 0 Å². The molecule has 0 saturated carbocycles. The van der Waals surface area contributed by atoms with E-state index >= 15 is 0 Å². The van der Waals surface area contributed by atoms with Gasteiger partial charge in [0.1, 0.15) is 5.82 Å². The molecule has 0 aliphatic carbocycles. The number of H-pyrrole nitrogens is 1. The molecule has 2 heterocycles. The van der Waals surface area contributed by atoms with Crippen LogP contribution in [-0.2, 0) is 0 Å². The summed E-state index contributed by atoms with van der Waals surface area (Å²) < 4.78 is 15.9. The number of rotatable bonds is 2. The van der Waals surface area contributed by atoms with E-state index < -0.39 is 0 Å². The minimum Gasteiger partial charge on any atom is -0.313 e. The Labute approximate surface area is 133 Å². The Hall–Kier alpha value is -2.62. The molecule has 23 heavy (non-hydrogen) atoms. The molecule has 116 valence electrons. The zero-order valence-corrected chi connectivity index (χ0v) is 13.4. The Morgan fingerprint density at radius 3 is 2.65 bits per heavy atom. The number of aryl methyl sites for hydroxylation is 1. The van der Waals surface area contributed by atoms with E-state index in [1.807, 2.05) is 18.3 Å². The van der Waals surface area contributed by atoms with Crippen molar-refractivity contribution in [3.8, 4) is 5.69 Å². The Morgan fingerprint density at radius 1 is 1.09 bits per heavy atom. The normalized spacial score (nSPS) is 11.9. The fourth-order valence-electron chi connectivity index (χ4n) is 3.15. The average molecular weight is 307 g/mol. The van der Waals surface area contributed by atoms with Crippen molar-refractivity contribution in [3.63, 3.8) is 0 Å². The van der Waals surface area contributed by atoms with Gasteiger partial charge in [-0.15, -0.1) is 0 Å². The molecular weight excluding hydrogens is 289 g/mol. The summed E-state index contributed by atoms with van der Waals surface area (Å²) in [5, 5.41) is 9.36. The van der Waals surface area contributed by atoms with Gasteiger partial charge in [0.25, 0.3) is 0 Å². The molecule has 0 atom stereocenters. The van der Waals surface area contributed by atoms with E-state index in [0.29, 0.717) is 11.5 Å². The molecule has 0 spiro atoms. The summed E-state index contributed by atoms with van der Waals surface area (Å²) in [5.74, 6) is 0.192. The van der Waals surface area contributed by atoms with Crippen molar-refractivity contribution in [3.05, 3.63) is 59.7 Å². The van der Waals surface area contributed by atoms with Crippen molar-refractivity contribution in [1.29, 1.82) is 0 Å². The first-order valence-electron chi connectivity index (χ1n) is 7.79. The summed E-state index contributed by atoms with van der Waals surface area (Å²) in [7, 11) is 0. The third-order valence-corrected chi connectivity index (χ3v) is 4.38. The van der Waals surface area contributed by atoms with Crippen LogP contribution in [0.2, 0.25) is 0 Å². The van der Waals surface area contributed by atoms with Crippen molar-refractivity contribution in [2.45, 2.75) is 26.7 Å². The molecule has 1 N–H and O–H groups in total. The van der Waals surface area contributed by atoms with Crippen molar-refractivity contribution in [1.82, 2.24) is 14.8 Å². The highest BCUT2D eigenvalue weighted by Crippen LogP contribution is 2.32. The van der Waals surface area contributed by atoms with Crippen LogP contribution in [0, 0.1) is 12.7 Å². The number of benzene rings is 2. The van der Waals surface area contributed by atoms with Crippen molar-refractivity contribution in [2.75, 3.05) is 0 Å². The number of aromatic amines is 1. The van der Waals surface area contributed by atoms with Crippen LogP contribution in [0.15, 0.2) is 42.6 Å². The second-order valence-electron chi connectivity index (χ2n) is 6.36. The smallest absolute Gasteiger partial charge is 0.126 e. The number of hydrogen-bond acceptors (Lipinski definition) is 1. The summed E-state index contributed by atoms with van der Waals surface area (Å²) >= 11 is 0. The zero-order valence-electron chi connectivity index (χ0n) is 13.4. The van der Waals surface area contributed by atoms with Crippen LogP contribution in [0.25, 0.3) is 27.5 Å². The second kappa shape index (κ2) is 4.95. The molecule has 0 amide bonds. The minimum atomic E-state index is -0.173. The lowest BCUT2D eigenvalue weighted by Gasteiger charge is -2.14. The zero-order chi connectivity index (χ0) is 16.1. The van der Waals surface area contributed by atoms with Crippen molar-refractivity contribution < 1.29 is 4.39 Å². The number of nitrogens with zero attached hydrogens (tertiary/aromatic N) is 2. The standard InChI is InChI=1S/C19H18FN3/c1-11(2)18-8-13-7-17-14(10-21-22-17)9-19(13)23(18)15-4-5-16(20)12(3)6-15/h4-11H,1-3H3,(H,21,22). The summed E-state index contributed by atoms with van der Waals surface area (Å²) in [4.78, 5) is 0. The fraction of sp³-hybridized carbons (Fsp3) is 0.211. The molecule has 2 aromatic heterocycles. The Bertz CT molecular complexity index is 1020. The van der Waals surface area contributed by atoms with Crippen LogP contribution in [-0.4, -0.2) is 14.8 Å². The summed E-state index contributed by atoms with van der Waals surface area (Å²) in [6.07, 6.45) is 1.83. The van der Waals surface area contributed by atoms with Gasteiger partial charge in [0, 0.05) is 22.2 Å². The Balaban J connectivity index is 2.08. The maximum Gasteiger partial charge on any atom is 0.126 e. The van der Waals surface area contributed by atoms with Gasteiger partial charge in [-0.05, 0) is 54.8 Å².